The van der Waals surface area contributed by atoms with E-state index in [-0.39, 0.29) is 24.7 Å². The third kappa shape index (κ3) is 5.87. The van der Waals surface area contributed by atoms with Gasteiger partial charge in [0.1, 0.15) is 5.75 Å². The zero-order valence-electron chi connectivity index (χ0n) is 21.3. The van der Waals surface area contributed by atoms with Crippen LogP contribution in [-0.4, -0.2) is 92.3 Å². The van der Waals surface area contributed by atoms with Gasteiger partial charge in [0, 0.05) is 57.1 Å². The maximum atomic E-state index is 13.2. The Kier molecular flexibility index (Phi) is 8.97. The first kappa shape index (κ1) is 26.3. The van der Waals surface area contributed by atoms with Crippen molar-refractivity contribution in [2.45, 2.75) is 39.3 Å². The Morgan fingerprint density at radius 3 is 2.60 bits per heavy atom. The molecule has 4 amide bonds. The van der Waals surface area contributed by atoms with Crippen molar-refractivity contribution in [3.63, 3.8) is 0 Å². The molecule has 0 aromatic heterocycles. The van der Waals surface area contributed by atoms with E-state index in [1.807, 2.05) is 36.9 Å². The average Bonchev–Trinajstić information content (AvgIpc) is 2.85. The number of nitrogens with zero attached hydrogens (tertiary/aromatic N) is 3. The van der Waals surface area contributed by atoms with Crippen LogP contribution in [0.2, 0.25) is 0 Å². The number of rotatable bonds is 8. The number of amides is 4. The third-order valence-corrected chi connectivity index (χ3v) is 6.39. The minimum absolute atomic E-state index is 0.0139. The molecule has 2 aliphatic rings. The number of carbonyl (C=O) groups is 3. The first-order valence-electron chi connectivity index (χ1n) is 12.2. The van der Waals surface area contributed by atoms with Crippen molar-refractivity contribution in [1.82, 2.24) is 25.3 Å². The van der Waals surface area contributed by atoms with E-state index in [1.165, 1.54) is 4.90 Å². The van der Waals surface area contributed by atoms with Crippen LogP contribution in [0.1, 0.15) is 38.8 Å². The van der Waals surface area contributed by atoms with Gasteiger partial charge in [0.05, 0.1) is 25.3 Å². The number of nitrogens with one attached hydrogen (secondary N) is 2. The lowest BCUT2D eigenvalue weighted by Crippen LogP contribution is -2.58. The van der Waals surface area contributed by atoms with Crippen LogP contribution in [0.15, 0.2) is 35.5 Å². The molecule has 0 bridgehead atoms. The molecule has 0 aliphatic carbocycles. The molecule has 0 spiro atoms. The molecule has 2 atom stereocenters. The van der Waals surface area contributed by atoms with Crippen LogP contribution in [0.5, 0.6) is 5.75 Å². The Hall–Kier alpha value is -3.27. The third-order valence-electron chi connectivity index (χ3n) is 6.39. The number of esters is 1. The van der Waals surface area contributed by atoms with Crippen molar-refractivity contribution < 1.29 is 23.9 Å². The number of methoxy groups -OCH3 is 1. The smallest absolute Gasteiger partial charge is 0.338 e. The van der Waals surface area contributed by atoms with Gasteiger partial charge in [0.25, 0.3) is 0 Å². The van der Waals surface area contributed by atoms with Gasteiger partial charge < -0.3 is 25.0 Å². The molecule has 0 saturated carbocycles. The van der Waals surface area contributed by atoms with Gasteiger partial charge in [-0.1, -0.05) is 25.1 Å². The quantitative estimate of drug-likeness (QED) is 0.546. The van der Waals surface area contributed by atoms with Crippen LogP contribution in [0.3, 0.4) is 0 Å². The summed E-state index contributed by atoms with van der Waals surface area (Å²) >= 11 is 0. The van der Waals surface area contributed by atoms with Gasteiger partial charge in [-0.15, -0.1) is 0 Å². The largest absolute Gasteiger partial charge is 0.496 e. The average molecular weight is 488 g/mol. The van der Waals surface area contributed by atoms with Crippen LogP contribution in [-0.2, 0) is 9.53 Å². The highest BCUT2D eigenvalue weighted by molar-refractivity contribution is 5.95. The van der Waals surface area contributed by atoms with E-state index in [9.17, 15) is 14.4 Å². The van der Waals surface area contributed by atoms with Crippen molar-refractivity contribution in [2.24, 2.45) is 0 Å². The second kappa shape index (κ2) is 11.9. The van der Waals surface area contributed by atoms with E-state index < -0.39 is 12.0 Å². The highest BCUT2D eigenvalue weighted by Gasteiger charge is 2.39. The van der Waals surface area contributed by atoms with Crippen molar-refractivity contribution >= 4 is 18.0 Å². The maximum Gasteiger partial charge on any atom is 0.338 e. The Balaban J connectivity index is 1.92. The van der Waals surface area contributed by atoms with E-state index in [0.29, 0.717) is 55.3 Å². The van der Waals surface area contributed by atoms with Crippen LogP contribution >= 0.6 is 0 Å². The van der Waals surface area contributed by atoms with Crippen LogP contribution in [0.4, 0.5) is 9.59 Å². The van der Waals surface area contributed by atoms with Gasteiger partial charge in [0.15, 0.2) is 0 Å². The lowest BCUT2D eigenvalue weighted by molar-refractivity contribution is -0.139. The number of ether oxygens (including phenoxy) is 2. The number of carbonyl (C=O) groups excluding carboxylic acids is 3. The minimum Gasteiger partial charge on any atom is -0.496 e. The summed E-state index contributed by atoms with van der Waals surface area (Å²) in [6, 6.07) is 6.22. The summed E-state index contributed by atoms with van der Waals surface area (Å²) in [7, 11) is 3.21. The molecule has 1 fully saturated rings. The number of piperazine rings is 1. The summed E-state index contributed by atoms with van der Waals surface area (Å²) < 4.78 is 10.9. The molecular weight excluding hydrogens is 450 g/mol. The summed E-state index contributed by atoms with van der Waals surface area (Å²) in [5.74, 6) is 0.0970. The second-order valence-electron chi connectivity index (χ2n) is 8.77. The molecule has 2 N–H and O–H groups in total. The molecule has 2 aliphatic heterocycles. The molecule has 1 aromatic carbocycles. The summed E-state index contributed by atoms with van der Waals surface area (Å²) in [6.45, 7) is 8.82. The van der Waals surface area contributed by atoms with Gasteiger partial charge in [-0.05, 0) is 26.3 Å². The predicted molar refractivity (Wildman–Crippen MR) is 132 cm³/mol. The van der Waals surface area contributed by atoms with Crippen molar-refractivity contribution in [3.05, 3.63) is 41.1 Å². The fourth-order valence-corrected chi connectivity index (χ4v) is 4.56. The van der Waals surface area contributed by atoms with E-state index in [1.54, 1.807) is 27.1 Å². The molecule has 10 nitrogen and oxygen atoms in total. The minimum atomic E-state index is -0.706. The molecule has 192 valence electrons. The van der Waals surface area contributed by atoms with E-state index in [4.69, 9.17) is 9.47 Å². The molecule has 35 heavy (non-hydrogen) atoms. The predicted octanol–water partition coefficient (Wildman–Crippen LogP) is 2.33. The van der Waals surface area contributed by atoms with Crippen LogP contribution < -0.4 is 15.4 Å². The summed E-state index contributed by atoms with van der Waals surface area (Å²) in [6.07, 6.45) is 0.882. The molecule has 3 rings (SSSR count). The Morgan fingerprint density at radius 2 is 1.94 bits per heavy atom. The van der Waals surface area contributed by atoms with Gasteiger partial charge in [-0.25, -0.2) is 14.4 Å². The summed E-state index contributed by atoms with van der Waals surface area (Å²) in [5, 5.41) is 5.87. The molecule has 1 saturated heterocycles. The number of hydrogen-bond acceptors (Lipinski definition) is 6. The standard InChI is InChI=1S/C25H37N5O5/c1-6-12-26-24(32)30-14-13-29(15-17(30)3)16-19-21(23(31)35-7-2)22(27-25(33)28(19)4)18-10-8-9-11-20(18)34-5/h8-11,17,22H,6-7,12-16H2,1-5H3,(H,26,32)(H,27,33)/t17-,22-/m1/s1. The molecule has 1 aromatic rings. The van der Waals surface area contributed by atoms with Crippen LogP contribution in [0, 0.1) is 0 Å². The number of benzene rings is 1. The maximum absolute atomic E-state index is 13.2. The Morgan fingerprint density at radius 1 is 1.20 bits per heavy atom. The summed E-state index contributed by atoms with van der Waals surface area (Å²) in [4.78, 5) is 44.1. The van der Waals surface area contributed by atoms with Crippen molar-refractivity contribution in [2.75, 3.05) is 53.5 Å². The first-order chi connectivity index (χ1) is 16.8. The van der Waals surface area contributed by atoms with E-state index >= 15 is 0 Å². The number of para-hydroxylation sites is 1. The van der Waals surface area contributed by atoms with Gasteiger partial charge in [0.2, 0.25) is 0 Å². The number of urea groups is 2. The molecule has 10 heteroatoms. The van der Waals surface area contributed by atoms with Crippen LogP contribution in [0.25, 0.3) is 0 Å². The van der Waals surface area contributed by atoms with Gasteiger partial charge in [-0.2, -0.15) is 0 Å². The number of likely N-dealkylation sites (N-methyl/N-ethyl adjacent to an activating group) is 1. The van der Waals surface area contributed by atoms with Crippen molar-refractivity contribution in [3.8, 4) is 5.75 Å². The summed E-state index contributed by atoms with van der Waals surface area (Å²) in [5.41, 5.74) is 1.65. The van der Waals surface area contributed by atoms with Crippen molar-refractivity contribution in [1.29, 1.82) is 0 Å². The SMILES string of the molecule is CCCNC(=O)N1CCN(CC2=C(C(=O)OCC)[C@@H](c3ccccc3OC)NC(=O)N2C)C[C@H]1C. The number of hydrogen-bond donors (Lipinski definition) is 2. The lowest BCUT2D eigenvalue weighted by Gasteiger charge is -2.42. The van der Waals surface area contributed by atoms with E-state index in [2.05, 4.69) is 15.5 Å². The Bertz CT molecular complexity index is 965. The lowest BCUT2D eigenvalue weighted by atomic mass is 9.93. The first-order valence-corrected chi connectivity index (χ1v) is 12.2. The topological polar surface area (TPSA) is 103 Å². The molecule has 2 heterocycles. The highest BCUT2D eigenvalue weighted by Crippen LogP contribution is 2.36. The van der Waals surface area contributed by atoms with Gasteiger partial charge >= 0.3 is 18.0 Å². The Labute approximate surface area is 207 Å². The highest BCUT2D eigenvalue weighted by atomic mass is 16.5. The fourth-order valence-electron chi connectivity index (χ4n) is 4.56. The zero-order chi connectivity index (χ0) is 25.5. The van der Waals surface area contributed by atoms with Gasteiger partial charge in [-0.3, -0.25) is 9.80 Å². The molecule has 0 unspecified atom stereocenters. The molecular formula is C25H37N5O5. The normalized spacial score (nSPS) is 21.0. The molecule has 0 radical (unpaired) electrons. The zero-order valence-corrected chi connectivity index (χ0v) is 21.3. The second-order valence-corrected chi connectivity index (χ2v) is 8.77. The monoisotopic (exact) mass is 487 g/mol. The van der Waals surface area contributed by atoms with E-state index in [0.717, 1.165) is 6.42 Å². The fraction of sp³-hybridized carbons (Fsp3) is 0.560.